The van der Waals surface area contributed by atoms with Crippen LogP contribution in [0.4, 0.5) is 10.5 Å². The van der Waals surface area contributed by atoms with Gasteiger partial charge in [-0.3, -0.25) is 9.59 Å². The van der Waals surface area contributed by atoms with Gasteiger partial charge in [0, 0.05) is 50.0 Å². The third-order valence-corrected chi connectivity index (χ3v) is 7.56. The Morgan fingerprint density at radius 3 is 2.49 bits per heavy atom. The van der Waals surface area contributed by atoms with E-state index in [-0.39, 0.29) is 55.2 Å². The number of carbonyl (C=O) groups excluding carboxylic acids is 3. The van der Waals surface area contributed by atoms with Crippen LogP contribution in [-0.2, 0) is 4.74 Å². The smallest absolute Gasteiger partial charge is 0.317 e. The quantitative estimate of drug-likeness (QED) is 0.423. The molecule has 1 aliphatic rings. The Labute approximate surface area is 255 Å². The van der Waals surface area contributed by atoms with E-state index in [1.807, 2.05) is 33.8 Å². The minimum absolute atomic E-state index is 0.00227. The largest absolute Gasteiger partial charge is 0.490 e. The van der Waals surface area contributed by atoms with Gasteiger partial charge in [0.15, 0.2) is 0 Å². The summed E-state index contributed by atoms with van der Waals surface area (Å²) in [6.45, 7) is 10.5. The van der Waals surface area contributed by atoms with Crippen LogP contribution in [0.1, 0.15) is 74.6 Å². The van der Waals surface area contributed by atoms with E-state index in [2.05, 4.69) is 10.6 Å². The lowest BCUT2D eigenvalue weighted by Gasteiger charge is -2.36. The predicted molar refractivity (Wildman–Crippen MR) is 168 cm³/mol. The van der Waals surface area contributed by atoms with Crippen LogP contribution in [0.2, 0.25) is 0 Å². The van der Waals surface area contributed by atoms with Crippen LogP contribution in [0.3, 0.4) is 0 Å². The topological polar surface area (TPSA) is 120 Å². The number of likely N-dealkylation sites (N-methyl/N-ethyl adjacent to an activating group) is 1. The summed E-state index contributed by atoms with van der Waals surface area (Å²) in [4.78, 5) is 43.0. The monoisotopic (exact) mass is 596 g/mol. The van der Waals surface area contributed by atoms with E-state index in [1.165, 1.54) is 0 Å². The number of urea groups is 1. The molecular formula is C33H48N4O6. The van der Waals surface area contributed by atoms with Gasteiger partial charge in [-0.25, -0.2) is 4.79 Å². The number of aliphatic hydroxyl groups is 1. The van der Waals surface area contributed by atoms with Crippen LogP contribution in [0.25, 0.3) is 0 Å². The first-order valence-electron chi connectivity index (χ1n) is 15.2. The third kappa shape index (κ3) is 9.96. The second-order valence-corrected chi connectivity index (χ2v) is 11.8. The van der Waals surface area contributed by atoms with Crippen molar-refractivity contribution in [1.82, 2.24) is 15.1 Å². The molecule has 10 nitrogen and oxygen atoms in total. The zero-order valence-corrected chi connectivity index (χ0v) is 26.3. The summed E-state index contributed by atoms with van der Waals surface area (Å²) in [6.07, 6.45) is 1.96. The fraction of sp³-hybridized carbons (Fsp3) is 0.545. The van der Waals surface area contributed by atoms with Crippen molar-refractivity contribution < 1.29 is 29.0 Å². The summed E-state index contributed by atoms with van der Waals surface area (Å²) in [5, 5.41) is 15.9. The van der Waals surface area contributed by atoms with E-state index in [4.69, 9.17) is 9.47 Å². The highest BCUT2D eigenvalue weighted by Crippen LogP contribution is 2.29. The Bertz CT molecular complexity index is 1210. The van der Waals surface area contributed by atoms with Gasteiger partial charge in [-0.05, 0) is 77.3 Å². The minimum atomic E-state index is -0.502. The van der Waals surface area contributed by atoms with Gasteiger partial charge in [-0.1, -0.05) is 25.1 Å². The Hall–Kier alpha value is -3.63. The number of anilines is 1. The summed E-state index contributed by atoms with van der Waals surface area (Å²) in [7, 11) is 1.74. The Morgan fingerprint density at radius 2 is 1.81 bits per heavy atom. The number of fused-ring (bicyclic) bond motifs is 1. The number of nitrogens with zero attached hydrogens (tertiary/aromatic N) is 2. The highest BCUT2D eigenvalue weighted by molar-refractivity contribution is 6.05. The number of carbonyl (C=O) groups is 3. The van der Waals surface area contributed by atoms with E-state index in [9.17, 15) is 19.5 Å². The molecule has 0 radical (unpaired) electrons. The third-order valence-electron chi connectivity index (χ3n) is 7.56. The number of ether oxygens (including phenoxy) is 2. The molecule has 3 N–H and O–H groups in total. The molecule has 4 atom stereocenters. The van der Waals surface area contributed by atoms with Crippen LogP contribution < -0.4 is 15.4 Å². The highest BCUT2D eigenvalue weighted by Gasteiger charge is 2.31. The second kappa shape index (κ2) is 16.3. The molecule has 4 amide bonds. The average Bonchev–Trinajstić information content (AvgIpc) is 2.98. The van der Waals surface area contributed by atoms with Gasteiger partial charge in [-0.2, -0.15) is 0 Å². The Morgan fingerprint density at radius 1 is 1.09 bits per heavy atom. The molecule has 3 rings (SSSR count). The molecule has 1 heterocycles. The van der Waals surface area contributed by atoms with Crippen molar-refractivity contribution in [2.75, 3.05) is 38.7 Å². The molecule has 0 saturated carbocycles. The first kappa shape index (κ1) is 33.9. The van der Waals surface area contributed by atoms with Gasteiger partial charge in [-0.15, -0.1) is 0 Å². The molecule has 2 aromatic rings. The van der Waals surface area contributed by atoms with Gasteiger partial charge in [0.25, 0.3) is 11.8 Å². The normalized spacial score (nSPS) is 20.8. The zero-order valence-electron chi connectivity index (χ0n) is 26.3. The molecule has 0 spiro atoms. The maximum Gasteiger partial charge on any atom is 0.317 e. The summed E-state index contributed by atoms with van der Waals surface area (Å²) in [6, 6.07) is 13.3. The maximum atomic E-state index is 14.2. The number of hydrogen-bond donors (Lipinski definition) is 3. The maximum absolute atomic E-state index is 14.2. The molecule has 0 saturated heterocycles. The molecule has 0 aliphatic carbocycles. The van der Waals surface area contributed by atoms with Crippen molar-refractivity contribution in [2.45, 2.75) is 78.2 Å². The molecule has 43 heavy (non-hydrogen) atoms. The van der Waals surface area contributed by atoms with Gasteiger partial charge in [0.05, 0.1) is 30.4 Å². The molecule has 2 aromatic carbocycles. The standard InChI is InChI=1S/C33H48N4O6/c1-22(2)34-33(41)36(6)20-30-23(3)19-37(24(4)21-38)32(40)28-18-27(35-31(39)26-13-8-7-9-14-26)15-16-29(28)43-25(5)12-10-11-17-42-30/h7-9,13-16,18,22-25,30,38H,10-12,17,19-21H2,1-6H3,(H,34,41)(H,35,39)/t23-,24+,25-,30+/m0/s1. The number of rotatable bonds is 7. The van der Waals surface area contributed by atoms with Gasteiger partial charge in [0.2, 0.25) is 0 Å². The van der Waals surface area contributed by atoms with Crippen LogP contribution in [0, 0.1) is 5.92 Å². The van der Waals surface area contributed by atoms with Crippen LogP contribution >= 0.6 is 0 Å². The van der Waals surface area contributed by atoms with E-state index in [0.717, 1.165) is 19.3 Å². The molecule has 0 unspecified atom stereocenters. The SMILES string of the molecule is CC(C)NC(=O)N(C)C[C@H]1OCCCC[C@H](C)Oc2ccc(NC(=O)c3ccccc3)cc2C(=O)N([C@H](C)CO)C[C@@H]1C. The summed E-state index contributed by atoms with van der Waals surface area (Å²) < 4.78 is 12.6. The summed E-state index contributed by atoms with van der Waals surface area (Å²) in [5.74, 6) is -0.358. The number of hydrogen-bond acceptors (Lipinski definition) is 6. The van der Waals surface area contributed by atoms with Crippen molar-refractivity contribution in [1.29, 1.82) is 0 Å². The van der Waals surface area contributed by atoms with Crippen LogP contribution in [0.15, 0.2) is 48.5 Å². The van der Waals surface area contributed by atoms with E-state index in [1.54, 1.807) is 66.2 Å². The van der Waals surface area contributed by atoms with Crippen molar-refractivity contribution in [2.24, 2.45) is 5.92 Å². The Balaban J connectivity index is 1.94. The summed E-state index contributed by atoms with van der Waals surface area (Å²) >= 11 is 0. The Kier molecular flexibility index (Phi) is 12.8. The molecular weight excluding hydrogens is 548 g/mol. The molecule has 0 aromatic heterocycles. The number of aliphatic hydroxyl groups excluding tert-OH is 1. The van der Waals surface area contributed by atoms with Gasteiger partial charge in [0.1, 0.15) is 5.75 Å². The van der Waals surface area contributed by atoms with Crippen molar-refractivity contribution in [3.05, 3.63) is 59.7 Å². The van der Waals surface area contributed by atoms with Crippen molar-refractivity contribution in [3.63, 3.8) is 0 Å². The van der Waals surface area contributed by atoms with E-state index >= 15 is 0 Å². The lowest BCUT2D eigenvalue weighted by atomic mass is 10.0. The fourth-order valence-electron chi connectivity index (χ4n) is 4.97. The fourth-order valence-corrected chi connectivity index (χ4v) is 4.97. The molecule has 0 fully saturated rings. The van der Waals surface area contributed by atoms with E-state index in [0.29, 0.717) is 35.7 Å². The molecule has 1 aliphatic heterocycles. The highest BCUT2D eigenvalue weighted by atomic mass is 16.5. The zero-order chi connectivity index (χ0) is 31.5. The van der Waals surface area contributed by atoms with Crippen LogP contribution in [-0.4, -0.2) is 90.4 Å². The number of amides is 4. The van der Waals surface area contributed by atoms with Crippen molar-refractivity contribution >= 4 is 23.5 Å². The molecule has 236 valence electrons. The lowest BCUT2D eigenvalue weighted by molar-refractivity contribution is -0.0122. The minimum Gasteiger partial charge on any atom is -0.490 e. The average molecular weight is 597 g/mol. The first-order chi connectivity index (χ1) is 20.5. The second-order valence-electron chi connectivity index (χ2n) is 11.8. The summed E-state index contributed by atoms with van der Waals surface area (Å²) in [5.41, 5.74) is 1.26. The predicted octanol–water partition coefficient (Wildman–Crippen LogP) is 4.78. The van der Waals surface area contributed by atoms with Crippen molar-refractivity contribution in [3.8, 4) is 5.75 Å². The molecule has 10 heteroatoms. The lowest BCUT2D eigenvalue weighted by Crippen LogP contribution is -2.49. The van der Waals surface area contributed by atoms with Gasteiger partial charge < -0.3 is 35.0 Å². The van der Waals surface area contributed by atoms with Crippen LogP contribution in [0.5, 0.6) is 5.75 Å². The molecule has 0 bridgehead atoms. The van der Waals surface area contributed by atoms with Gasteiger partial charge >= 0.3 is 6.03 Å². The first-order valence-corrected chi connectivity index (χ1v) is 15.2. The number of nitrogens with one attached hydrogen (secondary N) is 2. The number of benzene rings is 2. The van der Waals surface area contributed by atoms with E-state index < -0.39 is 6.04 Å².